The zero-order valence-electron chi connectivity index (χ0n) is 19.9. The summed E-state index contributed by atoms with van der Waals surface area (Å²) < 4.78 is 20.5. The number of nitrogens with zero attached hydrogens (tertiary/aromatic N) is 5. The Morgan fingerprint density at radius 3 is 2.65 bits per heavy atom. The lowest BCUT2D eigenvalue weighted by molar-refractivity contribution is 0.0221. The van der Waals surface area contributed by atoms with Crippen LogP contribution >= 0.6 is 0 Å². The molecule has 5 rings (SSSR count). The lowest BCUT2D eigenvalue weighted by Gasteiger charge is -2.48. The van der Waals surface area contributed by atoms with Crippen LogP contribution in [0.15, 0.2) is 48.7 Å². The van der Waals surface area contributed by atoms with Crippen LogP contribution in [-0.4, -0.2) is 70.2 Å². The van der Waals surface area contributed by atoms with E-state index in [0.717, 1.165) is 30.4 Å². The third-order valence-electron chi connectivity index (χ3n) is 7.77. The zero-order chi connectivity index (χ0) is 24.0. The molecule has 0 radical (unpaired) electrons. The molecular weight excluding hydrogens is 433 g/mol. The van der Waals surface area contributed by atoms with Crippen molar-refractivity contribution in [2.45, 2.75) is 50.0 Å². The number of benzene rings is 1. The fraction of sp³-hybridized carbons (Fsp3) is 0.423. The average molecular weight is 464 g/mol. The fourth-order valence-electron chi connectivity index (χ4n) is 5.47. The molecule has 7 nitrogen and oxygen atoms in total. The standard InChI is InChI=1S/C26H30FN5O2/c1-26-11-9-20(32(26)3)25(27)21(15-26)31(2)23-8-7-19(29-30-23)18-6-5-16(13-22(18)33)17-10-12-28-24(14-17)34-4/h5-8,10,12-14,20-21,25,33H,9,11,15H2,1-4H3/t20?,21-,25+,26-/m1/s1. The molecule has 4 atom stereocenters. The minimum atomic E-state index is -0.935. The molecule has 2 aliphatic heterocycles. The molecule has 2 aromatic heterocycles. The highest BCUT2D eigenvalue weighted by molar-refractivity contribution is 5.74. The maximum atomic E-state index is 15.3. The number of rotatable bonds is 5. The summed E-state index contributed by atoms with van der Waals surface area (Å²) in [5, 5.41) is 19.4. The first-order chi connectivity index (χ1) is 16.3. The number of hydrogen-bond donors (Lipinski definition) is 1. The van der Waals surface area contributed by atoms with E-state index in [1.165, 1.54) is 0 Å². The Kier molecular flexibility index (Phi) is 5.64. The van der Waals surface area contributed by atoms with E-state index in [4.69, 9.17) is 4.74 Å². The van der Waals surface area contributed by atoms with E-state index < -0.39 is 6.17 Å². The Morgan fingerprint density at radius 2 is 1.94 bits per heavy atom. The number of piperidine rings is 1. The number of ether oxygens (including phenoxy) is 1. The maximum absolute atomic E-state index is 15.3. The normalized spacial score (nSPS) is 26.4. The summed E-state index contributed by atoms with van der Waals surface area (Å²) >= 11 is 0. The number of pyridine rings is 1. The van der Waals surface area contributed by atoms with E-state index >= 15 is 4.39 Å². The van der Waals surface area contributed by atoms with Crippen LogP contribution in [0.1, 0.15) is 26.2 Å². The zero-order valence-corrected chi connectivity index (χ0v) is 19.9. The van der Waals surface area contributed by atoms with Gasteiger partial charge in [0.05, 0.1) is 18.8 Å². The molecule has 2 fully saturated rings. The molecule has 1 N–H and O–H groups in total. The van der Waals surface area contributed by atoms with Crippen molar-refractivity contribution in [3.05, 3.63) is 48.7 Å². The van der Waals surface area contributed by atoms with Crippen molar-refractivity contribution < 1.29 is 14.2 Å². The molecule has 2 saturated heterocycles. The van der Waals surface area contributed by atoms with Gasteiger partial charge in [-0.05, 0) is 74.7 Å². The second-order valence-corrected chi connectivity index (χ2v) is 9.64. The third kappa shape index (κ3) is 3.76. The number of aromatic nitrogens is 3. The Hall–Kier alpha value is -3.26. The number of phenols is 1. The molecule has 34 heavy (non-hydrogen) atoms. The van der Waals surface area contributed by atoms with Gasteiger partial charge >= 0.3 is 0 Å². The SMILES string of the molecule is COc1cc(-c2ccc(-c3ccc(N(C)[C@@H]4C[C@@]5(C)CCC([C@@H]4F)N5C)nn3)c(O)c2)ccn1. The van der Waals surface area contributed by atoms with Crippen LogP contribution in [0.3, 0.4) is 0 Å². The number of phenolic OH excluding ortho intramolecular Hbond substituents is 1. The predicted molar refractivity (Wildman–Crippen MR) is 130 cm³/mol. The van der Waals surface area contributed by atoms with Crippen LogP contribution in [-0.2, 0) is 0 Å². The number of methoxy groups -OCH3 is 1. The van der Waals surface area contributed by atoms with Crippen LogP contribution in [0.25, 0.3) is 22.4 Å². The highest BCUT2D eigenvalue weighted by atomic mass is 19.1. The Bertz CT molecular complexity index is 1190. The molecule has 178 valence electrons. The first kappa shape index (κ1) is 22.5. The van der Waals surface area contributed by atoms with Crippen molar-refractivity contribution in [3.63, 3.8) is 0 Å². The number of alkyl halides is 1. The molecule has 0 aliphatic carbocycles. The molecule has 0 saturated carbocycles. The summed E-state index contributed by atoms with van der Waals surface area (Å²) in [6.45, 7) is 2.23. The molecule has 4 heterocycles. The van der Waals surface area contributed by atoms with Gasteiger partial charge in [0.1, 0.15) is 11.9 Å². The summed E-state index contributed by atoms with van der Waals surface area (Å²) in [5.74, 6) is 1.24. The van der Waals surface area contributed by atoms with Crippen LogP contribution < -0.4 is 9.64 Å². The van der Waals surface area contributed by atoms with Gasteiger partial charge in [-0.3, -0.25) is 4.90 Å². The molecular formula is C26H30FN5O2. The average Bonchev–Trinajstić information content (AvgIpc) is 3.07. The molecule has 8 heteroatoms. The minimum absolute atomic E-state index is 0.0198. The van der Waals surface area contributed by atoms with E-state index in [1.807, 2.05) is 55.4 Å². The van der Waals surface area contributed by atoms with Gasteiger partial charge < -0.3 is 14.7 Å². The quantitative estimate of drug-likeness (QED) is 0.604. The van der Waals surface area contributed by atoms with Crippen molar-refractivity contribution in [1.82, 2.24) is 20.1 Å². The molecule has 1 aromatic carbocycles. The van der Waals surface area contributed by atoms with E-state index in [1.54, 1.807) is 19.4 Å². The van der Waals surface area contributed by atoms with Gasteiger partial charge in [-0.2, -0.15) is 0 Å². The van der Waals surface area contributed by atoms with Crippen LogP contribution in [0.5, 0.6) is 11.6 Å². The van der Waals surface area contributed by atoms with Gasteiger partial charge in [0.2, 0.25) is 5.88 Å². The summed E-state index contributed by atoms with van der Waals surface area (Å²) in [5.41, 5.74) is 2.88. The lowest BCUT2D eigenvalue weighted by atomic mass is 9.86. The Morgan fingerprint density at radius 1 is 1.15 bits per heavy atom. The second-order valence-electron chi connectivity index (χ2n) is 9.64. The van der Waals surface area contributed by atoms with Gasteiger partial charge in [0.15, 0.2) is 5.82 Å². The summed E-state index contributed by atoms with van der Waals surface area (Å²) in [7, 11) is 5.50. The van der Waals surface area contributed by atoms with E-state index in [2.05, 4.69) is 27.0 Å². The molecule has 0 amide bonds. The smallest absolute Gasteiger partial charge is 0.213 e. The third-order valence-corrected chi connectivity index (χ3v) is 7.77. The summed E-state index contributed by atoms with van der Waals surface area (Å²) in [4.78, 5) is 8.25. The highest BCUT2D eigenvalue weighted by Crippen LogP contribution is 2.45. The summed E-state index contributed by atoms with van der Waals surface area (Å²) in [6, 6.07) is 12.5. The van der Waals surface area contributed by atoms with Crippen molar-refractivity contribution in [1.29, 1.82) is 0 Å². The minimum Gasteiger partial charge on any atom is -0.507 e. The van der Waals surface area contributed by atoms with Gasteiger partial charge in [0.25, 0.3) is 0 Å². The van der Waals surface area contributed by atoms with Crippen molar-refractivity contribution in [2.24, 2.45) is 0 Å². The van der Waals surface area contributed by atoms with E-state index in [-0.39, 0.29) is 23.4 Å². The molecule has 1 unspecified atom stereocenters. The first-order valence-corrected chi connectivity index (χ1v) is 11.6. The number of hydrogen-bond acceptors (Lipinski definition) is 7. The van der Waals surface area contributed by atoms with Crippen molar-refractivity contribution in [3.8, 4) is 34.0 Å². The largest absolute Gasteiger partial charge is 0.507 e. The lowest BCUT2D eigenvalue weighted by Crippen LogP contribution is -2.60. The van der Waals surface area contributed by atoms with Gasteiger partial charge in [-0.1, -0.05) is 6.07 Å². The maximum Gasteiger partial charge on any atom is 0.213 e. The van der Waals surface area contributed by atoms with Crippen LogP contribution in [0.4, 0.5) is 10.2 Å². The number of aromatic hydroxyl groups is 1. The first-order valence-electron chi connectivity index (χ1n) is 11.6. The van der Waals surface area contributed by atoms with Gasteiger partial charge in [0, 0.05) is 36.5 Å². The topological polar surface area (TPSA) is 74.6 Å². The van der Waals surface area contributed by atoms with Gasteiger partial charge in [-0.25, -0.2) is 9.37 Å². The molecule has 3 aromatic rings. The monoisotopic (exact) mass is 463 g/mol. The highest BCUT2D eigenvalue weighted by Gasteiger charge is 2.53. The van der Waals surface area contributed by atoms with Gasteiger partial charge in [-0.15, -0.1) is 10.2 Å². The second kappa shape index (κ2) is 8.51. The fourth-order valence-corrected chi connectivity index (χ4v) is 5.47. The Balaban J connectivity index is 1.36. The molecule has 0 spiro atoms. The van der Waals surface area contributed by atoms with Crippen molar-refractivity contribution >= 4 is 5.82 Å². The van der Waals surface area contributed by atoms with Crippen LogP contribution in [0, 0.1) is 0 Å². The molecule has 2 bridgehead atoms. The molecule has 2 aliphatic rings. The number of halogens is 1. The van der Waals surface area contributed by atoms with E-state index in [9.17, 15) is 5.11 Å². The Labute approximate surface area is 199 Å². The van der Waals surface area contributed by atoms with Crippen LogP contribution in [0.2, 0.25) is 0 Å². The predicted octanol–water partition coefficient (Wildman–Crippen LogP) is 4.32. The number of fused-ring (bicyclic) bond motifs is 2. The van der Waals surface area contributed by atoms with E-state index in [0.29, 0.717) is 23.0 Å². The number of anilines is 1. The summed E-state index contributed by atoms with van der Waals surface area (Å²) in [6.07, 6.45) is 3.40. The van der Waals surface area contributed by atoms with Crippen molar-refractivity contribution in [2.75, 3.05) is 26.1 Å².